The molecule has 5 heteroatoms. The van der Waals surface area contributed by atoms with Crippen LogP contribution in [0.3, 0.4) is 0 Å². The highest BCUT2D eigenvalue weighted by molar-refractivity contribution is 5.78. The Hall–Kier alpha value is -0.650. The number of amides is 1. The number of carbonyl (C=O) groups excluding carboxylic acids is 1. The monoisotopic (exact) mass is 295 g/mol. The molecule has 3 rings (SSSR count). The van der Waals surface area contributed by atoms with Crippen molar-refractivity contribution >= 4 is 5.91 Å². The fourth-order valence-corrected chi connectivity index (χ4v) is 4.12. The maximum atomic E-state index is 12.7. The van der Waals surface area contributed by atoms with Crippen molar-refractivity contribution in [1.82, 2.24) is 9.80 Å². The summed E-state index contributed by atoms with van der Waals surface area (Å²) in [4.78, 5) is 17.1. The molecule has 0 aromatic rings. The van der Waals surface area contributed by atoms with Gasteiger partial charge in [-0.2, -0.15) is 0 Å². The van der Waals surface area contributed by atoms with Gasteiger partial charge >= 0.3 is 0 Å². The summed E-state index contributed by atoms with van der Waals surface area (Å²) in [5, 5.41) is 0. The van der Waals surface area contributed by atoms with Crippen molar-refractivity contribution in [3.05, 3.63) is 0 Å². The van der Waals surface area contributed by atoms with Crippen LogP contribution >= 0.6 is 0 Å². The van der Waals surface area contributed by atoms with Crippen LogP contribution < -0.4 is 5.73 Å². The molecular weight excluding hydrogens is 266 g/mol. The maximum absolute atomic E-state index is 12.7. The summed E-state index contributed by atoms with van der Waals surface area (Å²) in [7, 11) is 0. The molecule has 120 valence electrons. The fourth-order valence-electron chi connectivity index (χ4n) is 4.12. The summed E-state index contributed by atoms with van der Waals surface area (Å²) in [5.74, 6) is 0.288. The summed E-state index contributed by atoms with van der Waals surface area (Å²) in [6.45, 7) is 6.91. The van der Waals surface area contributed by atoms with E-state index in [1.54, 1.807) is 0 Å². The second-order valence-electron chi connectivity index (χ2n) is 7.32. The Bertz CT molecular complexity index is 388. The number of carbonyl (C=O) groups is 1. The average Bonchev–Trinajstić information content (AvgIpc) is 2.88. The van der Waals surface area contributed by atoms with Crippen molar-refractivity contribution < 1.29 is 9.53 Å². The highest BCUT2D eigenvalue weighted by Gasteiger charge is 2.38. The van der Waals surface area contributed by atoms with Crippen LogP contribution in [0, 0.1) is 5.41 Å². The first-order valence-electron chi connectivity index (χ1n) is 8.45. The van der Waals surface area contributed by atoms with E-state index in [9.17, 15) is 4.79 Å². The van der Waals surface area contributed by atoms with Crippen LogP contribution in [0.5, 0.6) is 0 Å². The molecule has 0 radical (unpaired) electrons. The van der Waals surface area contributed by atoms with E-state index in [-0.39, 0.29) is 17.4 Å². The maximum Gasteiger partial charge on any atom is 0.237 e. The summed E-state index contributed by atoms with van der Waals surface area (Å²) in [6, 6.07) is 0.323. The number of nitrogens with zero attached hydrogens (tertiary/aromatic N) is 2. The van der Waals surface area contributed by atoms with Crippen molar-refractivity contribution in [3.63, 3.8) is 0 Å². The standard InChI is InChI=1S/C16H29N3O2/c1-16(11-17)6-7-18(12-16)10-15(20)19-8-9-21-14-5-3-2-4-13(14)19/h13-14H,2-12,17H2,1H3. The molecule has 3 unspecified atom stereocenters. The van der Waals surface area contributed by atoms with Crippen LogP contribution in [-0.2, 0) is 9.53 Å². The zero-order chi connectivity index (χ0) is 14.9. The summed E-state index contributed by atoms with van der Waals surface area (Å²) in [5.41, 5.74) is 6.05. The molecule has 3 fully saturated rings. The van der Waals surface area contributed by atoms with E-state index in [1.165, 1.54) is 12.8 Å². The Kier molecular flexibility index (Phi) is 4.52. The lowest BCUT2D eigenvalue weighted by atomic mass is 9.90. The van der Waals surface area contributed by atoms with E-state index in [0.29, 0.717) is 25.7 Å². The number of ether oxygens (including phenoxy) is 1. The number of likely N-dealkylation sites (tertiary alicyclic amines) is 1. The zero-order valence-corrected chi connectivity index (χ0v) is 13.2. The van der Waals surface area contributed by atoms with Gasteiger partial charge in [0.1, 0.15) is 0 Å². The SMILES string of the molecule is CC1(CN)CCN(CC(=O)N2CCOC3CCCCC32)C1. The van der Waals surface area contributed by atoms with Gasteiger partial charge in [-0.15, -0.1) is 0 Å². The van der Waals surface area contributed by atoms with E-state index in [2.05, 4.69) is 16.7 Å². The van der Waals surface area contributed by atoms with Crippen LogP contribution in [0.15, 0.2) is 0 Å². The summed E-state index contributed by atoms with van der Waals surface area (Å²) < 4.78 is 5.86. The summed E-state index contributed by atoms with van der Waals surface area (Å²) >= 11 is 0. The third kappa shape index (κ3) is 3.25. The van der Waals surface area contributed by atoms with E-state index < -0.39 is 0 Å². The average molecular weight is 295 g/mol. The number of fused-ring (bicyclic) bond motifs is 1. The van der Waals surface area contributed by atoms with Crippen molar-refractivity contribution in [2.24, 2.45) is 11.1 Å². The molecule has 1 aliphatic carbocycles. The Labute approximate surface area is 127 Å². The van der Waals surface area contributed by atoms with Crippen molar-refractivity contribution in [2.75, 3.05) is 39.3 Å². The van der Waals surface area contributed by atoms with Crippen LogP contribution in [-0.4, -0.2) is 67.2 Å². The van der Waals surface area contributed by atoms with Gasteiger partial charge in [0, 0.05) is 13.1 Å². The predicted octanol–water partition coefficient (Wildman–Crippen LogP) is 0.827. The molecule has 0 bridgehead atoms. The smallest absolute Gasteiger partial charge is 0.237 e. The lowest BCUT2D eigenvalue weighted by Gasteiger charge is -2.44. The van der Waals surface area contributed by atoms with Gasteiger partial charge in [0.25, 0.3) is 0 Å². The lowest BCUT2D eigenvalue weighted by Crippen LogP contribution is -2.56. The van der Waals surface area contributed by atoms with E-state index in [1.807, 2.05) is 0 Å². The van der Waals surface area contributed by atoms with Crippen molar-refractivity contribution in [2.45, 2.75) is 51.2 Å². The molecule has 1 saturated carbocycles. The first-order valence-corrected chi connectivity index (χ1v) is 8.45. The molecule has 2 heterocycles. The normalized spacial score (nSPS) is 37.5. The molecule has 5 nitrogen and oxygen atoms in total. The van der Waals surface area contributed by atoms with E-state index in [0.717, 1.165) is 38.9 Å². The second kappa shape index (κ2) is 6.23. The fraction of sp³-hybridized carbons (Fsp3) is 0.938. The van der Waals surface area contributed by atoms with Crippen LogP contribution in [0.2, 0.25) is 0 Å². The summed E-state index contributed by atoms with van der Waals surface area (Å²) in [6.07, 6.45) is 6.07. The van der Waals surface area contributed by atoms with Gasteiger partial charge in [-0.3, -0.25) is 9.69 Å². The predicted molar refractivity (Wildman–Crippen MR) is 81.9 cm³/mol. The molecule has 2 saturated heterocycles. The van der Waals surface area contributed by atoms with Gasteiger partial charge in [0.2, 0.25) is 5.91 Å². The molecular formula is C16H29N3O2. The topological polar surface area (TPSA) is 58.8 Å². The van der Waals surface area contributed by atoms with E-state index in [4.69, 9.17) is 10.5 Å². The van der Waals surface area contributed by atoms with Gasteiger partial charge in [-0.05, 0) is 37.8 Å². The second-order valence-corrected chi connectivity index (χ2v) is 7.32. The Balaban J connectivity index is 1.57. The van der Waals surface area contributed by atoms with Crippen LogP contribution in [0.4, 0.5) is 0 Å². The van der Waals surface area contributed by atoms with Gasteiger partial charge < -0.3 is 15.4 Å². The quantitative estimate of drug-likeness (QED) is 0.838. The van der Waals surface area contributed by atoms with Crippen molar-refractivity contribution in [3.8, 4) is 0 Å². The molecule has 2 N–H and O–H groups in total. The molecule has 0 aromatic heterocycles. The first kappa shape index (κ1) is 15.3. The van der Waals surface area contributed by atoms with E-state index >= 15 is 0 Å². The van der Waals surface area contributed by atoms with Gasteiger partial charge in [-0.25, -0.2) is 0 Å². The van der Waals surface area contributed by atoms with Gasteiger partial charge in [0.05, 0.1) is 25.3 Å². The molecule has 0 spiro atoms. The van der Waals surface area contributed by atoms with Crippen LogP contribution in [0.25, 0.3) is 0 Å². The number of morpholine rings is 1. The number of rotatable bonds is 3. The molecule has 2 aliphatic heterocycles. The minimum absolute atomic E-state index is 0.193. The number of hydrogen-bond acceptors (Lipinski definition) is 4. The Morgan fingerprint density at radius 3 is 2.90 bits per heavy atom. The number of nitrogens with two attached hydrogens (primary N) is 1. The molecule has 3 atom stereocenters. The number of hydrogen-bond donors (Lipinski definition) is 1. The first-order chi connectivity index (χ1) is 10.1. The third-order valence-corrected chi connectivity index (χ3v) is 5.54. The Morgan fingerprint density at radius 2 is 2.14 bits per heavy atom. The Morgan fingerprint density at radius 1 is 1.33 bits per heavy atom. The zero-order valence-electron chi connectivity index (χ0n) is 13.2. The van der Waals surface area contributed by atoms with Gasteiger partial charge in [0.15, 0.2) is 0 Å². The highest BCUT2D eigenvalue weighted by atomic mass is 16.5. The lowest BCUT2D eigenvalue weighted by molar-refractivity contribution is -0.150. The minimum Gasteiger partial charge on any atom is -0.374 e. The minimum atomic E-state index is 0.193. The largest absolute Gasteiger partial charge is 0.374 e. The molecule has 0 aromatic carbocycles. The molecule has 21 heavy (non-hydrogen) atoms. The molecule has 1 amide bonds. The third-order valence-electron chi connectivity index (χ3n) is 5.54. The highest BCUT2D eigenvalue weighted by Crippen LogP contribution is 2.30. The van der Waals surface area contributed by atoms with Crippen LogP contribution in [0.1, 0.15) is 39.0 Å². The molecule has 3 aliphatic rings. The van der Waals surface area contributed by atoms with Crippen molar-refractivity contribution in [1.29, 1.82) is 0 Å². The van der Waals surface area contributed by atoms with Gasteiger partial charge in [-0.1, -0.05) is 19.8 Å².